The fourth-order valence-corrected chi connectivity index (χ4v) is 3.68. The zero-order chi connectivity index (χ0) is 23.3. The van der Waals surface area contributed by atoms with Gasteiger partial charge in [0.2, 0.25) is 24.4 Å². The highest BCUT2D eigenvalue weighted by molar-refractivity contribution is 5.86. The highest BCUT2D eigenvalue weighted by Gasteiger charge is 2.27. The lowest BCUT2D eigenvalue weighted by molar-refractivity contribution is -0.121. The van der Waals surface area contributed by atoms with Crippen molar-refractivity contribution < 1.29 is 23.6 Å². The molecule has 11 heteroatoms. The number of ether oxygens (including phenoxy) is 2. The number of aryl methyl sites for hydroxylation is 1. The largest absolute Gasteiger partial charge is 0.454 e. The normalized spacial score (nSPS) is 17.8. The van der Waals surface area contributed by atoms with Crippen LogP contribution >= 0.6 is 0 Å². The van der Waals surface area contributed by atoms with Gasteiger partial charge in [-0.15, -0.1) is 10.2 Å². The Morgan fingerprint density at radius 3 is 2.97 bits per heavy atom. The van der Waals surface area contributed by atoms with Crippen molar-refractivity contribution in [2.75, 3.05) is 19.9 Å². The third-order valence-electron chi connectivity index (χ3n) is 5.45. The zero-order valence-corrected chi connectivity index (χ0v) is 18.2. The molecule has 2 amide bonds. The Balaban J connectivity index is 1.03. The summed E-state index contributed by atoms with van der Waals surface area (Å²) in [4.78, 5) is 28.3. The smallest absolute Gasteiger partial charge is 0.276 e. The number of hydrogen-bond donors (Lipinski definition) is 2. The molecule has 1 aliphatic carbocycles. The minimum Gasteiger partial charge on any atom is -0.454 e. The Morgan fingerprint density at radius 1 is 1.12 bits per heavy atom. The van der Waals surface area contributed by atoms with Gasteiger partial charge >= 0.3 is 0 Å². The highest BCUT2D eigenvalue weighted by Crippen LogP contribution is 2.35. The summed E-state index contributed by atoms with van der Waals surface area (Å²) in [5.74, 6) is 1.99. The molecule has 0 fully saturated rings. The van der Waals surface area contributed by atoms with Crippen molar-refractivity contribution in [3.8, 4) is 22.9 Å². The van der Waals surface area contributed by atoms with Crippen molar-refractivity contribution in [1.82, 2.24) is 20.8 Å². The van der Waals surface area contributed by atoms with Crippen molar-refractivity contribution in [3.05, 3.63) is 59.8 Å². The van der Waals surface area contributed by atoms with Gasteiger partial charge in [0.05, 0.1) is 5.92 Å². The molecule has 1 aromatic carbocycles. The molecule has 0 spiro atoms. The molecule has 2 aliphatic heterocycles. The average Bonchev–Trinajstić information content (AvgIpc) is 3.53. The first-order valence-electron chi connectivity index (χ1n) is 11.0. The van der Waals surface area contributed by atoms with Gasteiger partial charge < -0.3 is 24.6 Å². The average molecular weight is 462 g/mol. The van der Waals surface area contributed by atoms with Crippen LogP contribution in [-0.4, -0.2) is 41.8 Å². The molecule has 11 nitrogen and oxygen atoms in total. The summed E-state index contributed by atoms with van der Waals surface area (Å²) in [5.41, 5.74) is 1.56. The SMILES string of the molecule is O=C(CCc1nc(-c2ccc3c(c2)OCO3)no1)NCCCNC1=C2C=CC=CC2C(=O)N=N1. The number of fused-ring (bicyclic) bond motifs is 2. The number of amides is 2. The second kappa shape index (κ2) is 9.69. The molecule has 0 saturated heterocycles. The van der Waals surface area contributed by atoms with E-state index in [9.17, 15) is 9.59 Å². The summed E-state index contributed by atoms with van der Waals surface area (Å²) in [5, 5.41) is 17.7. The van der Waals surface area contributed by atoms with Gasteiger partial charge in [0.1, 0.15) is 0 Å². The van der Waals surface area contributed by atoms with Crippen LogP contribution in [0.3, 0.4) is 0 Å². The molecule has 0 bridgehead atoms. The predicted octanol–water partition coefficient (Wildman–Crippen LogP) is 2.44. The lowest BCUT2D eigenvalue weighted by Gasteiger charge is -2.20. The van der Waals surface area contributed by atoms with Crippen molar-refractivity contribution >= 4 is 11.8 Å². The molecule has 2 N–H and O–H groups in total. The minimum atomic E-state index is -0.375. The Morgan fingerprint density at radius 2 is 2.03 bits per heavy atom. The van der Waals surface area contributed by atoms with Gasteiger partial charge in [0, 0.05) is 37.1 Å². The maximum absolute atomic E-state index is 12.2. The molecule has 1 unspecified atom stereocenters. The molecular weight excluding hydrogens is 440 g/mol. The minimum absolute atomic E-state index is 0.103. The quantitative estimate of drug-likeness (QED) is 0.542. The lowest BCUT2D eigenvalue weighted by Crippen LogP contribution is -2.28. The van der Waals surface area contributed by atoms with Crippen LogP contribution in [0.2, 0.25) is 0 Å². The number of carbonyl (C=O) groups excluding carboxylic acids is 2. The number of carbonyl (C=O) groups is 2. The number of nitrogens with zero attached hydrogens (tertiary/aromatic N) is 4. The summed E-state index contributed by atoms with van der Waals surface area (Å²) >= 11 is 0. The van der Waals surface area contributed by atoms with E-state index in [1.165, 1.54) is 0 Å². The van der Waals surface area contributed by atoms with Crippen LogP contribution in [0.4, 0.5) is 0 Å². The molecule has 3 heterocycles. The van der Waals surface area contributed by atoms with Crippen LogP contribution in [-0.2, 0) is 16.0 Å². The van der Waals surface area contributed by atoms with Crippen LogP contribution in [0.25, 0.3) is 11.4 Å². The van der Waals surface area contributed by atoms with Crippen molar-refractivity contribution in [1.29, 1.82) is 0 Å². The van der Waals surface area contributed by atoms with E-state index in [-0.39, 0.29) is 30.9 Å². The monoisotopic (exact) mass is 462 g/mol. The van der Waals surface area contributed by atoms with E-state index in [1.807, 2.05) is 24.3 Å². The van der Waals surface area contributed by atoms with Gasteiger partial charge in [0.15, 0.2) is 17.3 Å². The maximum Gasteiger partial charge on any atom is 0.276 e. The Hall–Kier alpha value is -4.28. The number of nitrogens with one attached hydrogen (secondary N) is 2. The second-order valence-corrected chi connectivity index (χ2v) is 7.77. The molecule has 0 saturated carbocycles. The number of hydrogen-bond acceptors (Lipinski definition) is 9. The van der Waals surface area contributed by atoms with Gasteiger partial charge in [-0.3, -0.25) is 9.59 Å². The Kier molecular flexibility index (Phi) is 6.15. The van der Waals surface area contributed by atoms with Crippen molar-refractivity contribution in [2.24, 2.45) is 16.1 Å². The summed E-state index contributed by atoms with van der Waals surface area (Å²) in [6.07, 6.45) is 8.62. The van der Waals surface area contributed by atoms with Gasteiger partial charge in [-0.1, -0.05) is 29.5 Å². The van der Waals surface area contributed by atoms with Crippen LogP contribution in [0.5, 0.6) is 11.5 Å². The van der Waals surface area contributed by atoms with Gasteiger partial charge in [-0.05, 0) is 24.6 Å². The summed E-state index contributed by atoms with van der Waals surface area (Å²) < 4.78 is 15.9. The third kappa shape index (κ3) is 4.72. The molecule has 34 heavy (non-hydrogen) atoms. The highest BCUT2D eigenvalue weighted by atomic mass is 16.7. The number of aromatic nitrogens is 2. The molecule has 1 atom stereocenters. The first-order chi connectivity index (χ1) is 16.7. The summed E-state index contributed by atoms with van der Waals surface area (Å²) in [7, 11) is 0. The van der Waals surface area contributed by atoms with Crippen LogP contribution in [0, 0.1) is 5.92 Å². The standard InChI is InChI=1S/C23H22N6O5/c30-19(24-10-3-11-25-22-15-4-1-2-5-16(15)23(31)28-27-22)8-9-20-26-21(29-34-20)14-6-7-17-18(12-14)33-13-32-17/h1-2,4-7,12,16,25H,3,8-11,13H2,(H,24,30). The zero-order valence-electron chi connectivity index (χ0n) is 18.2. The Bertz CT molecular complexity index is 1230. The molecule has 174 valence electrons. The summed E-state index contributed by atoms with van der Waals surface area (Å²) in [6, 6.07) is 5.42. The van der Waals surface area contributed by atoms with E-state index in [4.69, 9.17) is 14.0 Å². The van der Waals surface area contributed by atoms with E-state index in [0.717, 1.165) is 11.1 Å². The molecule has 0 radical (unpaired) electrons. The van der Waals surface area contributed by atoms with E-state index in [2.05, 4.69) is 31.0 Å². The predicted molar refractivity (Wildman–Crippen MR) is 118 cm³/mol. The number of azo groups is 1. The molecule has 3 aliphatic rings. The maximum atomic E-state index is 12.2. The van der Waals surface area contributed by atoms with E-state index in [0.29, 0.717) is 55.0 Å². The van der Waals surface area contributed by atoms with Gasteiger partial charge in [0.25, 0.3) is 5.91 Å². The Labute approximate surface area is 194 Å². The van der Waals surface area contributed by atoms with E-state index < -0.39 is 0 Å². The molecular formula is C23H22N6O5. The first kappa shape index (κ1) is 21.6. The number of benzene rings is 1. The fourth-order valence-electron chi connectivity index (χ4n) is 3.68. The van der Waals surface area contributed by atoms with Crippen LogP contribution < -0.4 is 20.1 Å². The van der Waals surface area contributed by atoms with E-state index in [1.54, 1.807) is 18.2 Å². The molecule has 2 aromatic rings. The lowest BCUT2D eigenvalue weighted by atomic mass is 9.93. The van der Waals surface area contributed by atoms with Gasteiger partial charge in [-0.2, -0.15) is 4.98 Å². The van der Waals surface area contributed by atoms with Gasteiger partial charge in [-0.25, -0.2) is 0 Å². The molecule has 5 rings (SSSR count). The van der Waals surface area contributed by atoms with Crippen LogP contribution in [0.1, 0.15) is 18.7 Å². The second-order valence-electron chi connectivity index (χ2n) is 7.77. The van der Waals surface area contributed by atoms with Crippen molar-refractivity contribution in [2.45, 2.75) is 19.3 Å². The van der Waals surface area contributed by atoms with Crippen molar-refractivity contribution in [3.63, 3.8) is 0 Å². The topological polar surface area (TPSA) is 140 Å². The number of rotatable bonds is 9. The van der Waals surface area contributed by atoms with E-state index >= 15 is 0 Å². The third-order valence-corrected chi connectivity index (χ3v) is 5.45. The molecule has 1 aromatic heterocycles. The van der Waals surface area contributed by atoms with Crippen LogP contribution in [0.15, 0.2) is 68.6 Å². The first-order valence-corrected chi connectivity index (χ1v) is 11.0. The number of allylic oxidation sites excluding steroid dienone is 3. The fraction of sp³-hybridized carbons (Fsp3) is 0.304. The summed E-state index contributed by atoms with van der Waals surface area (Å²) in [6.45, 7) is 1.27.